The lowest BCUT2D eigenvalue weighted by Crippen LogP contribution is -2.42. The molecule has 0 fully saturated rings. The lowest BCUT2D eigenvalue weighted by Gasteiger charge is -2.22. The minimum absolute atomic E-state index is 0. The van der Waals surface area contributed by atoms with E-state index in [1.165, 1.54) is 11.9 Å². The van der Waals surface area contributed by atoms with Crippen LogP contribution >= 0.6 is 13.5 Å². The summed E-state index contributed by atoms with van der Waals surface area (Å²) in [6.07, 6.45) is 5.41. The number of amides is 1. The predicted molar refractivity (Wildman–Crippen MR) is 129 cm³/mol. The molecule has 1 aliphatic heterocycles. The Morgan fingerprint density at radius 3 is 2.94 bits per heavy atom. The van der Waals surface area contributed by atoms with Crippen molar-refractivity contribution in [2.75, 3.05) is 39.2 Å². The van der Waals surface area contributed by atoms with E-state index in [4.69, 9.17) is 9.47 Å². The Hall–Kier alpha value is -2.98. The average Bonchev–Trinajstić information content (AvgIpc) is 3.16. The highest BCUT2D eigenvalue weighted by atomic mass is 32.1. The number of hydrogen-bond donors (Lipinski definition) is 3. The summed E-state index contributed by atoms with van der Waals surface area (Å²) in [5.41, 5.74) is 2.75. The highest BCUT2D eigenvalue weighted by Crippen LogP contribution is 2.33. The van der Waals surface area contributed by atoms with Crippen molar-refractivity contribution in [3.63, 3.8) is 0 Å². The predicted octanol–water partition coefficient (Wildman–Crippen LogP) is 2.58. The largest absolute Gasteiger partial charge is 0.493 e. The second-order valence-electron chi connectivity index (χ2n) is 7.87. The zero-order valence-electron chi connectivity index (χ0n) is 18.6. The molecule has 0 aliphatic carbocycles. The minimum atomic E-state index is -0.168. The van der Waals surface area contributed by atoms with Gasteiger partial charge in [-0.15, -0.1) is 0 Å². The third-order valence-electron chi connectivity index (χ3n) is 5.32. The first-order valence-corrected chi connectivity index (χ1v) is 10.4. The number of methoxy groups -OCH3 is 1. The molecule has 1 atom stereocenters. The van der Waals surface area contributed by atoms with Gasteiger partial charge in [-0.3, -0.25) is 4.79 Å². The van der Waals surface area contributed by atoms with Crippen LogP contribution in [0.5, 0.6) is 11.5 Å². The van der Waals surface area contributed by atoms with Crippen LogP contribution in [0.3, 0.4) is 0 Å². The SMILES string of the molecule is COc1ccc2cc1OCC(=O)N[C@@H](C)CN(C)CCCc1c[nH]c3ncnc(c13)N2.S. The third kappa shape index (κ3) is 5.43. The Bertz CT molecular complexity index is 1070. The Labute approximate surface area is 194 Å². The van der Waals surface area contributed by atoms with Crippen molar-refractivity contribution < 1.29 is 14.3 Å². The van der Waals surface area contributed by atoms with Crippen molar-refractivity contribution in [2.45, 2.75) is 25.8 Å². The molecule has 1 aliphatic rings. The van der Waals surface area contributed by atoms with Crippen LogP contribution in [0.25, 0.3) is 11.0 Å². The molecular weight excluding hydrogens is 428 g/mol. The van der Waals surface area contributed by atoms with E-state index in [1.54, 1.807) is 13.2 Å². The fourth-order valence-corrected chi connectivity index (χ4v) is 3.93. The molecule has 2 aromatic heterocycles. The molecule has 1 amide bonds. The number of aromatic amines is 1. The van der Waals surface area contributed by atoms with E-state index in [0.29, 0.717) is 11.5 Å². The number of benzene rings is 1. The number of H-pyrrole nitrogens is 1. The van der Waals surface area contributed by atoms with Gasteiger partial charge >= 0.3 is 0 Å². The highest BCUT2D eigenvalue weighted by molar-refractivity contribution is 7.59. The molecule has 3 N–H and O–H groups in total. The van der Waals surface area contributed by atoms with Gasteiger partial charge in [-0.2, -0.15) is 13.5 Å². The Kier molecular flexibility index (Phi) is 7.81. The fourth-order valence-electron chi connectivity index (χ4n) is 3.93. The number of aryl methyl sites for hydroxylation is 1. The second-order valence-corrected chi connectivity index (χ2v) is 7.87. The molecule has 172 valence electrons. The molecule has 3 aromatic rings. The Balaban J connectivity index is 0.00000289. The first kappa shape index (κ1) is 23.7. The van der Waals surface area contributed by atoms with E-state index < -0.39 is 0 Å². The van der Waals surface area contributed by atoms with Gasteiger partial charge in [0, 0.05) is 30.5 Å². The van der Waals surface area contributed by atoms with Gasteiger partial charge in [0.25, 0.3) is 5.91 Å². The number of nitrogens with zero attached hydrogens (tertiary/aromatic N) is 3. The van der Waals surface area contributed by atoms with Gasteiger partial charge in [-0.05, 0) is 51.1 Å². The number of fused-ring (bicyclic) bond motifs is 2. The van der Waals surface area contributed by atoms with Crippen molar-refractivity contribution in [3.8, 4) is 11.5 Å². The van der Waals surface area contributed by atoms with Crippen molar-refractivity contribution >= 4 is 41.9 Å². The summed E-state index contributed by atoms with van der Waals surface area (Å²) in [5, 5.41) is 7.34. The summed E-state index contributed by atoms with van der Waals surface area (Å²) < 4.78 is 11.2. The third-order valence-corrected chi connectivity index (χ3v) is 5.32. The van der Waals surface area contributed by atoms with Crippen molar-refractivity contribution in [2.24, 2.45) is 0 Å². The lowest BCUT2D eigenvalue weighted by atomic mass is 10.1. The van der Waals surface area contributed by atoms with E-state index in [9.17, 15) is 4.79 Å². The van der Waals surface area contributed by atoms with Crippen molar-refractivity contribution in [1.29, 1.82) is 0 Å². The van der Waals surface area contributed by atoms with Crippen LogP contribution in [0.15, 0.2) is 30.7 Å². The summed E-state index contributed by atoms with van der Waals surface area (Å²) in [4.78, 5) is 26.7. The van der Waals surface area contributed by atoms with Gasteiger partial charge in [-0.25, -0.2) is 9.97 Å². The lowest BCUT2D eigenvalue weighted by molar-refractivity contribution is -0.123. The van der Waals surface area contributed by atoms with Crippen LogP contribution in [0.4, 0.5) is 11.5 Å². The number of carbonyl (C=O) groups excluding carboxylic acids is 1. The number of carbonyl (C=O) groups is 1. The molecule has 32 heavy (non-hydrogen) atoms. The van der Waals surface area contributed by atoms with E-state index in [2.05, 4.69) is 37.5 Å². The van der Waals surface area contributed by atoms with Crippen LogP contribution in [0, 0.1) is 0 Å². The van der Waals surface area contributed by atoms with Gasteiger partial charge in [0.05, 0.1) is 12.5 Å². The van der Waals surface area contributed by atoms with Crippen molar-refractivity contribution in [3.05, 3.63) is 36.3 Å². The van der Waals surface area contributed by atoms with Crippen molar-refractivity contribution in [1.82, 2.24) is 25.2 Å². The van der Waals surface area contributed by atoms with Gasteiger partial charge in [0.2, 0.25) is 0 Å². The number of ether oxygens (including phenoxy) is 2. The zero-order chi connectivity index (χ0) is 21.8. The quantitative estimate of drug-likeness (QED) is 0.515. The number of rotatable bonds is 1. The molecule has 0 unspecified atom stereocenters. The normalized spacial score (nSPS) is 18.0. The second kappa shape index (κ2) is 10.6. The standard InChI is InChI=1S/C22H28N6O3.H2S/c1-14-11-28(2)8-4-5-15-10-23-21-20(15)22(25-13-24-21)27-16-6-7-17(30-3)18(9-16)31-12-19(29)26-14;/h6-7,9-10,13-14H,4-5,8,11-12H2,1-3H3,(H,26,29)(H2,23,24,25,27);1H2/t14-;/m0./s1. The molecule has 2 bridgehead atoms. The minimum Gasteiger partial charge on any atom is -0.493 e. The molecule has 0 saturated heterocycles. The fraction of sp³-hybridized carbons (Fsp3) is 0.409. The molecular formula is C22H30N6O3S. The van der Waals surface area contributed by atoms with Gasteiger partial charge in [-0.1, -0.05) is 0 Å². The van der Waals surface area contributed by atoms with E-state index in [1.807, 2.05) is 25.3 Å². The van der Waals surface area contributed by atoms with Gasteiger partial charge in [0.1, 0.15) is 17.8 Å². The molecule has 1 aromatic carbocycles. The maximum atomic E-state index is 12.4. The number of anilines is 2. The Morgan fingerprint density at radius 1 is 1.28 bits per heavy atom. The monoisotopic (exact) mass is 458 g/mol. The van der Waals surface area contributed by atoms with E-state index in [-0.39, 0.29) is 32.1 Å². The summed E-state index contributed by atoms with van der Waals surface area (Å²) in [7, 11) is 3.64. The number of nitrogens with one attached hydrogen (secondary N) is 3. The molecule has 3 heterocycles. The van der Waals surface area contributed by atoms with Crippen LogP contribution in [-0.2, 0) is 11.2 Å². The number of likely N-dealkylation sites (N-methyl/N-ethyl adjacent to an activating group) is 1. The zero-order valence-corrected chi connectivity index (χ0v) is 19.6. The first-order valence-electron chi connectivity index (χ1n) is 10.4. The number of aromatic nitrogens is 3. The summed E-state index contributed by atoms with van der Waals surface area (Å²) in [6.45, 7) is 3.58. The maximum Gasteiger partial charge on any atom is 0.258 e. The number of hydrogen-bond acceptors (Lipinski definition) is 7. The summed E-state index contributed by atoms with van der Waals surface area (Å²) >= 11 is 0. The molecule has 4 rings (SSSR count). The van der Waals surface area contributed by atoms with E-state index >= 15 is 0 Å². The van der Waals surface area contributed by atoms with E-state index in [0.717, 1.165) is 48.5 Å². The van der Waals surface area contributed by atoms with Gasteiger partial charge in [0.15, 0.2) is 18.1 Å². The van der Waals surface area contributed by atoms with Crippen LogP contribution in [0.2, 0.25) is 0 Å². The molecule has 0 saturated carbocycles. The smallest absolute Gasteiger partial charge is 0.258 e. The first-order chi connectivity index (χ1) is 15.0. The summed E-state index contributed by atoms with van der Waals surface area (Å²) in [6, 6.07) is 5.51. The molecule has 10 heteroatoms. The van der Waals surface area contributed by atoms with Crippen LogP contribution in [-0.4, -0.2) is 65.7 Å². The highest BCUT2D eigenvalue weighted by Gasteiger charge is 2.16. The maximum absolute atomic E-state index is 12.4. The summed E-state index contributed by atoms with van der Waals surface area (Å²) in [5.74, 6) is 1.59. The molecule has 9 nitrogen and oxygen atoms in total. The topological polar surface area (TPSA) is 104 Å². The van der Waals surface area contributed by atoms with Gasteiger partial charge < -0.3 is 30.0 Å². The van der Waals surface area contributed by atoms with Crippen LogP contribution < -0.4 is 20.1 Å². The average molecular weight is 459 g/mol. The molecule has 0 spiro atoms. The Morgan fingerprint density at radius 2 is 2.12 bits per heavy atom. The molecule has 0 radical (unpaired) electrons. The van der Waals surface area contributed by atoms with Crippen LogP contribution in [0.1, 0.15) is 18.9 Å².